The zero-order valence-corrected chi connectivity index (χ0v) is 9.48. The monoisotopic (exact) mass is 234 g/mol. The van der Waals surface area contributed by atoms with Gasteiger partial charge >= 0.3 is 0 Å². The van der Waals surface area contributed by atoms with Gasteiger partial charge in [-0.15, -0.1) is 0 Å². The highest BCUT2D eigenvalue weighted by Crippen LogP contribution is 2.20. The van der Waals surface area contributed by atoms with Crippen molar-refractivity contribution in [1.29, 1.82) is 0 Å². The number of halogens is 1. The molecular formula is C10H19BrO. The Bertz CT molecular complexity index is 110. The van der Waals surface area contributed by atoms with E-state index in [-0.39, 0.29) is 0 Å². The van der Waals surface area contributed by atoms with E-state index in [1.807, 2.05) is 0 Å². The molecule has 12 heavy (non-hydrogen) atoms. The maximum Gasteiger partial charge on any atom is 0.0576 e. The molecule has 2 heteroatoms. The summed E-state index contributed by atoms with van der Waals surface area (Å²) in [6, 6.07) is 0. The summed E-state index contributed by atoms with van der Waals surface area (Å²) in [4.78, 5) is 0.721. The predicted octanol–water partition coefficient (Wildman–Crippen LogP) is 3.51. The fourth-order valence-corrected chi connectivity index (χ4v) is 1.97. The van der Waals surface area contributed by atoms with Gasteiger partial charge in [0.2, 0.25) is 0 Å². The van der Waals surface area contributed by atoms with Crippen molar-refractivity contribution in [3.63, 3.8) is 0 Å². The van der Waals surface area contributed by atoms with Gasteiger partial charge in [0.05, 0.1) is 6.10 Å². The van der Waals surface area contributed by atoms with E-state index in [4.69, 9.17) is 4.74 Å². The van der Waals surface area contributed by atoms with Gasteiger partial charge in [0.15, 0.2) is 0 Å². The molecule has 1 rings (SSSR count). The zero-order valence-electron chi connectivity index (χ0n) is 7.89. The molecule has 1 nitrogen and oxygen atoms in total. The van der Waals surface area contributed by atoms with Crippen LogP contribution in [0.4, 0.5) is 0 Å². The van der Waals surface area contributed by atoms with Crippen LogP contribution in [0, 0.1) is 0 Å². The summed E-state index contributed by atoms with van der Waals surface area (Å²) in [7, 11) is 0. The first-order valence-electron chi connectivity index (χ1n) is 5.08. The number of hydrogen-bond donors (Lipinski definition) is 0. The minimum absolute atomic E-state index is 0.585. The molecule has 72 valence electrons. The van der Waals surface area contributed by atoms with Crippen LogP contribution in [-0.4, -0.2) is 17.5 Å². The molecule has 0 aromatic rings. The molecular weight excluding hydrogens is 216 g/mol. The molecule has 1 heterocycles. The number of hydrogen-bond acceptors (Lipinski definition) is 1. The Balaban J connectivity index is 1.94. The molecule has 1 saturated heterocycles. The van der Waals surface area contributed by atoms with Crippen molar-refractivity contribution in [1.82, 2.24) is 0 Å². The van der Waals surface area contributed by atoms with Crippen molar-refractivity contribution in [2.45, 2.75) is 56.4 Å². The van der Waals surface area contributed by atoms with E-state index < -0.39 is 0 Å². The summed E-state index contributed by atoms with van der Waals surface area (Å²) in [6.45, 7) is 3.22. The molecule has 0 aliphatic carbocycles. The standard InChI is InChI=1S/C10H19BrO/c1-2-9(11)5-3-6-10-7-4-8-12-10/h9-10H,2-8H2,1H3. The van der Waals surface area contributed by atoms with Gasteiger partial charge in [0.25, 0.3) is 0 Å². The van der Waals surface area contributed by atoms with Crippen LogP contribution in [0.15, 0.2) is 0 Å². The first-order valence-corrected chi connectivity index (χ1v) is 6.00. The van der Waals surface area contributed by atoms with E-state index >= 15 is 0 Å². The molecule has 0 aromatic carbocycles. The molecule has 0 amide bonds. The molecule has 0 saturated carbocycles. The van der Waals surface area contributed by atoms with Gasteiger partial charge < -0.3 is 4.74 Å². The number of ether oxygens (including phenoxy) is 1. The number of alkyl halides is 1. The highest BCUT2D eigenvalue weighted by molar-refractivity contribution is 9.09. The highest BCUT2D eigenvalue weighted by Gasteiger charge is 2.14. The smallest absolute Gasteiger partial charge is 0.0576 e. The van der Waals surface area contributed by atoms with E-state index in [1.165, 1.54) is 38.5 Å². The molecule has 1 fully saturated rings. The van der Waals surface area contributed by atoms with E-state index in [0.717, 1.165) is 11.4 Å². The quantitative estimate of drug-likeness (QED) is 0.662. The van der Waals surface area contributed by atoms with Gasteiger partial charge in [0, 0.05) is 11.4 Å². The SMILES string of the molecule is CCC(Br)CCCC1CCCO1. The Morgan fingerprint density at radius 1 is 1.58 bits per heavy atom. The fourth-order valence-electron chi connectivity index (χ4n) is 1.64. The minimum Gasteiger partial charge on any atom is -0.378 e. The molecule has 0 N–H and O–H groups in total. The summed E-state index contributed by atoms with van der Waals surface area (Å²) >= 11 is 3.65. The van der Waals surface area contributed by atoms with Crippen LogP contribution in [0.1, 0.15) is 45.4 Å². The van der Waals surface area contributed by atoms with Crippen LogP contribution >= 0.6 is 15.9 Å². The molecule has 0 spiro atoms. The van der Waals surface area contributed by atoms with E-state index in [2.05, 4.69) is 22.9 Å². The lowest BCUT2D eigenvalue weighted by molar-refractivity contribution is 0.102. The first-order chi connectivity index (χ1) is 5.83. The summed E-state index contributed by atoms with van der Waals surface area (Å²) in [5.41, 5.74) is 0. The lowest BCUT2D eigenvalue weighted by Crippen LogP contribution is -2.05. The summed E-state index contributed by atoms with van der Waals surface area (Å²) < 4.78 is 5.55. The highest BCUT2D eigenvalue weighted by atomic mass is 79.9. The van der Waals surface area contributed by atoms with Crippen molar-refractivity contribution >= 4 is 15.9 Å². The minimum atomic E-state index is 0.585. The maximum atomic E-state index is 5.55. The fraction of sp³-hybridized carbons (Fsp3) is 1.00. The molecule has 2 unspecified atom stereocenters. The van der Waals surface area contributed by atoms with Gasteiger partial charge in [-0.2, -0.15) is 0 Å². The van der Waals surface area contributed by atoms with Crippen molar-refractivity contribution in [3.05, 3.63) is 0 Å². The van der Waals surface area contributed by atoms with Crippen molar-refractivity contribution < 1.29 is 4.74 Å². The molecule has 2 atom stereocenters. The van der Waals surface area contributed by atoms with E-state index in [1.54, 1.807) is 0 Å². The molecule has 1 aliphatic heterocycles. The van der Waals surface area contributed by atoms with Crippen LogP contribution in [0.25, 0.3) is 0 Å². The Morgan fingerprint density at radius 2 is 2.42 bits per heavy atom. The van der Waals surface area contributed by atoms with Crippen LogP contribution in [0.5, 0.6) is 0 Å². The van der Waals surface area contributed by atoms with E-state index in [9.17, 15) is 0 Å². The number of rotatable bonds is 5. The Hall–Kier alpha value is 0.440. The maximum absolute atomic E-state index is 5.55. The third-order valence-electron chi connectivity index (χ3n) is 2.51. The summed E-state index contributed by atoms with van der Waals surface area (Å²) in [6.07, 6.45) is 8.27. The topological polar surface area (TPSA) is 9.23 Å². The third-order valence-corrected chi connectivity index (χ3v) is 3.62. The predicted molar refractivity (Wildman–Crippen MR) is 55.8 cm³/mol. The second kappa shape index (κ2) is 5.98. The van der Waals surface area contributed by atoms with Gasteiger partial charge in [-0.05, 0) is 38.5 Å². The third kappa shape index (κ3) is 3.90. The lowest BCUT2D eigenvalue weighted by atomic mass is 10.1. The Morgan fingerprint density at radius 3 is 3.00 bits per heavy atom. The van der Waals surface area contributed by atoms with Gasteiger partial charge in [0.1, 0.15) is 0 Å². The van der Waals surface area contributed by atoms with Crippen molar-refractivity contribution in [3.8, 4) is 0 Å². The molecule has 0 bridgehead atoms. The average molecular weight is 235 g/mol. The second-order valence-electron chi connectivity index (χ2n) is 3.57. The van der Waals surface area contributed by atoms with Gasteiger partial charge in [-0.3, -0.25) is 0 Å². The summed E-state index contributed by atoms with van der Waals surface area (Å²) in [5.74, 6) is 0. The van der Waals surface area contributed by atoms with E-state index in [0.29, 0.717) is 6.10 Å². The van der Waals surface area contributed by atoms with Crippen molar-refractivity contribution in [2.75, 3.05) is 6.61 Å². The average Bonchev–Trinajstić information content (AvgIpc) is 2.57. The van der Waals surface area contributed by atoms with Gasteiger partial charge in [-0.25, -0.2) is 0 Å². The lowest BCUT2D eigenvalue weighted by Gasteiger charge is -2.10. The first kappa shape index (κ1) is 10.5. The van der Waals surface area contributed by atoms with Crippen molar-refractivity contribution in [2.24, 2.45) is 0 Å². The Labute approximate surface area is 84.0 Å². The van der Waals surface area contributed by atoms with Crippen LogP contribution in [0.2, 0.25) is 0 Å². The zero-order chi connectivity index (χ0) is 8.81. The Kier molecular flexibility index (Phi) is 5.24. The normalized spacial score (nSPS) is 26.0. The largest absolute Gasteiger partial charge is 0.378 e. The summed E-state index contributed by atoms with van der Waals surface area (Å²) in [5, 5.41) is 0. The van der Waals surface area contributed by atoms with Crippen LogP contribution < -0.4 is 0 Å². The second-order valence-corrected chi connectivity index (χ2v) is 4.87. The molecule has 0 aromatic heterocycles. The van der Waals surface area contributed by atoms with Crippen LogP contribution in [-0.2, 0) is 4.74 Å². The van der Waals surface area contributed by atoms with Gasteiger partial charge in [-0.1, -0.05) is 22.9 Å². The molecule has 1 aliphatic rings. The molecule has 0 radical (unpaired) electrons. The van der Waals surface area contributed by atoms with Crippen LogP contribution in [0.3, 0.4) is 0 Å².